The van der Waals surface area contributed by atoms with Crippen LogP contribution < -0.4 is 10.2 Å². The lowest BCUT2D eigenvalue weighted by Gasteiger charge is -2.37. The lowest BCUT2D eigenvalue weighted by Crippen LogP contribution is -2.51. The van der Waals surface area contributed by atoms with E-state index in [0.29, 0.717) is 6.04 Å². The van der Waals surface area contributed by atoms with Gasteiger partial charge in [-0.25, -0.2) is 0 Å². The van der Waals surface area contributed by atoms with Gasteiger partial charge < -0.3 is 10.2 Å². The molecule has 1 aliphatic heterocycles. The van der Waals surface area contributed by atoms with Crippen LogP contribution in [0.1, 0.15) is 25.8 Å². The predicted molar refractivity (Wildman–Crippen MR) is 92.2 cm³/mol. The second-order valence-electron chi connectivity index (χ2n) is 6.71. The fourth-order valence-electron chi connectivity index (χ4n) is 3.37. The molecule has 3 rings (SSSR count). The quantitative estimate of drug-likeness (QED) is 0.911. The summed E-state index contributed by atoms with van der Waals surface area (Å²) in [5.41, 5.74) is 5.07. The Labute approximate surface area is 132 Å². The fraction of sp³-hybridized carbons (Fsp3) is 0.500. The summed E-state index contributed by atoms with van der Waals surface area (Å²) in [6.07, 6.45) is 5.05. The van der Waals surface area contributed by atoms with E-state index in [1.807, 2.05) is 12.4 Å². The fourth-order valence-corrected chi connectivity index (χ4v) is 3.37. The Hall–Kier alpha value is -1.81. The van der Waals surface area contributed by atoms with Crippen LogP contribution >= 0.6 is 0 Å². The molecule has 0 aliphatic carbocycles. The lowest BCUT2D eigenvalue weighted by molar-refractivity contribution is 0.388. The van der Waals surface area contributed by atoms with Crippen LogP contribution in [0.25, 0.3) is 11.1 Å². The van der Waals surface area contributed by atoms with E-state index in [0.717, 1.165) is 31.1 Å². The zero-order chi connectivity index (χ0) is 15.5. The molecular formula is C18H26N4. The Bertz CT molecular complexity index is 604. The second-order valence-corrected chi connectivity index (χ2v) is 6.71. The zero-order valence-electron chi connectivity index (χ0n) is 13.8. The summed E-state index contributed by atoms with van der Waals surface area (Å²) < 4.78 is 0. The number of H-pyrrole nitrogens is 1. The molecular weight excluding hydrogens is 272 g/mol. The molecule has 1 aliphatic rings. The second kappa shape index (κ2) is 6.53. The number of aromatic nitrogens is 2. The van der Waals surface area contributed by atoms with Gasteiger partial charge in [-0.3, -0.25) is 5.10 Å². The molecule has 0 saturated carbocycles. The number of nitrogens with one attached hydrogen (secondary N) is 2. The van der Waals surface area contributed by atoms with Gasteiger partial charge in [0.25, 0.3) is 0 Å². The highest BCUT2D eigenvalue weighted by Crippen LogP contribution is 2.27. The monoisotopic (exact) mass is 298 g/mol. The van der Waals surface area contributed by atoms with Crippen LogP contribution in [0.3, 0.4) is 0 Å². The molecule has 1 atom stereocenters. The molecule has 1 fully saturated rings. The molecule has 0 radical (unpaired) electrons. The molecule has 2 aromatic rings. The van der Waals surface area contributed by atoms with E-state index in [4.69, 9.17) is 0 Å². The topological polar surface area (TPSA) is 44.0 Å². The van der Waals surface area contributed by atoms with Gasteiger partial charge in [-0.05, 0) is 42.5 Å². The van der Waals surface area contributed by atoms with Crippen LogP contribution in [-0.4, -0.2) is 35.9 Å². The van der Waals surface area contributed by atoms with Gasteiger partial charge in [0.2, 0.25) is 0 Å². The van der Waals surface area contributed by atoms with Crippen molar-refractivity contribution in [3.63, 3.8) is 0 Å². The van der Waals surface area contributed by atoms with E-state index in [2.05, 4.69) is 59.4 Å². The summed E-state index contributed by atoms with van der Waals surface area (Å²) in [5.74, 6) is 0.738. The summed E-state index contributed by atoms with van der Waals surface area (Å²) in [6.45, 7) is 10.1. The predicted octanol–water partition coefficient (Wildman–Crippen LogP) is 3.21. The van der Waals surface area contributed by atoms with Crippen LogP contribution in [0.5, 0.6) is 0 Å². The third-order valence-corrected chi connectivity index (χ3v) is 4.38. The molecule has 2 N–H and O–H groups in total. The summed E-state index contributed by atoms with van der Waals surface area (Å²) in [7, 11) is 0. The van der Waals surface area contributed by atoms with Crippen molar-refractivity contribution >= 4 is 5.69 Å². The molecule has 118 valence electrons. The van der Waals surface area contributed by atoms with Crippen molar-refractivity contribution in [3.8, 4) is 11.1 Å². The minimum absolute atomic E-state index is 0.599. The smallest absolute Gasteiger partial charge is 0.0565 e. The maximum atomic E-state index is 4.03. The van der Waals surface area contributed by atoms with Crippen molar-refractivity contribution in [3.05, 3.63) is 36.2 Å². The summed E-state index contributed by atoms with van der Waals surface area (Å²) in [4.78, 5) is 2.53. The van der Waals surface area contributed by atoms with Crippen LogP contribution in [0.15, 0.2) is 30.6 Å². The first-order chi connectivity index (χ1) is 10.6. The molecule has 1 unspecified atom stereocenters. The van der Waals surface area contributed by atoms with Crippen LogP contribution in [-0.2, 0) is 0 Å². The Morgan fingerprint density at radius 2 is 2.18 bits per heavy atom. The highest BCUT2D eigenvalue weighted by Gasteiger charge is 2.21. The molecule has 1 saturated heterocycles. The molecule has 0 amide bonds. The first kappa shape index (κ1) is 15.1. The number of hydrogen-bond donors (Lipinski definition) is 2. The van der Waals surface area contributed by atoms with Gasteiger partial charge in [0.15, 0.2) is 0 Å². The molecule has 22 heavy (non-hydrogen) atoms. The number of piperazine rings is 1. The van der Waals surface area contributed by atoms with Crippen molar-refractivity contribution < 1.29 is 0 Å². The molecule has 4 nitrogen and oxygen atoms in total. The first-order valence-corrected chi connectivity index (χ1v) is 8.21. The van der Waals surface area contributed by atoms with Gasteiger partial charge in [0, 0.05) is 43.1 Å². The molecule has 2 heterocycles. The van der Waals surface area contributed by atoms with Gasteiger partial charge in [-0.1, -0.05) is 19.9 Å². The largest absolute Gasteiger partial charge is 0.368 e. The number of aromatic amines is 1. The molecule has 1 aromatic heterocycles. The number of anilines is 1. The normalized spacial score (nSPS) is 18.9. The first-order valence-electron chi connectivity index (χ1n) is 8.21. The number of benzene rings is 1. The summed E-state index contributed by atoms with van der Waals surface area (Å²) in [5, 5.41) is 10.6. The average molecular weight is 298 g/mol. The standard InChI is InChI=1S/C18H26N4/c1-13(2)8-17-12-22(7-6-19-17)18-5-4-15(9-14(18)3)16-10-20-21-11-16/h4-5,9-11,13,17,19H,6-8,12H2,1-3H3,(H,20,21). The highest BCUT2D eigenvalue weighted by molar-refractivity contribution is 5.68. The number of aryl methyl sites for hydroxylation is 1. The van der Waals surface area contributed by atoms with Crippen LogP contribution in [0, 0.1) is 12.8 Å². The van der Waals surface area contributed by atoms with Crippen LogP contribution in [0.2, 0.25) is 0 Å². The molecule has 0 spiro atoms. The van der Waals surface area contributed by atoms with Crippen molar-refractivity contribution in [2.45, 2.75) is 33.2 Å². The van der Waals surface area contributed by atoms with Gasteiger partial charge in [-0.2, -0.15) is 5.10 Å². The Morgan fingerprint density at radius 1 is 1.32 bits per heavy atom. The van der Waals surface area contributed by atoms with E-state index in [1.54, 1.807) is 0 Å². The van der Waals surface area contributed by atoms with E-state index >= 15 is 0 Å². The Kier molecular flexibility index (Phi) is 4.48. The van der Waals surface area contributed by atoms with Crippen molar-refractivity contribution in [1.82, 2.24) is 15.5 Å². The number of rotatable bonds is 4. The summed E-state index contributed by atoms with van der Waals surface area (Å²) in [6, 6.07) is 7.32. The van der Waals surface area contributed by atoms with Gasteiger partial charge >= 0.3 is 0 Å². The van der Waals surface area contributed by atoms with Crippen molar-refractivity contribution in [2.24, 2.45) is 5.92 Å². The Balaban J connectivity index is 1.77. The zero-order valence-corrected chi connectivity index (χ0v) is 13.8. The van der Waals surface area contributed by atoms with Crippen LogP contribution in [0.4, 0.5) is 5.69 Å². The minimum Gasteiger partial charge on any atom is -0.368 e. The van der Waals surface area contributed by atoms with Gasteiger partial charge in [-0.15, -0.1) is 0 Å². The highest BCUT2D eigenvalue weighted by atomic mass is 15.2. The molecule has 4 heteroatoms. The third-order valence-electron chi connectivity index (χ3n) is 4.38. The number of hydrogen-bond acceptors (Lipinski definition) is 3. The van der Waals surface area contributed by atoms with Gasteiger partial charge in [0.1, 0.15) is 0 Å². The maximum absolute atomic E-state index is 4.03. The van der Waals surface area contributed by atoms with E-state index in [1.165, 1.54) is 23.2 Å². The van der Waals surface area contributed by atoms with Gasteiger partial charge in [0.05, 0.1) is 6.20 Å². The Morgan fingerprint density at radius 3 is 2.86 bits per heavy atom. The van der Waals surface area contributed by atoms with Crippen molar-refractivity contribution in [2.75, 3.05) is 24.5 Å². The van der Waals surface area contributed by atoms with E-state index in [-0.39, 0.29) is 0 Å². The lowest BCUT2D eigenvalue weighted by atomic mass is 10.00. The van der Waals surface area contributed by atoms with E-state index < -0.39 is 0 Å². The van der Waals surface area contributed by atoms with Crippen molar-refractivity contribution in [1.29, 1.82) is 0 Å². The summed E-state index contributed by atoms with van der Waals surface area (Å²) >= 11 is 0. The number of nitrogens with zero attached hydrogens (tertiary/aromatic N) is 2. The SMILES string of the molecule is Cc1cc(-c2cn[nH]c2)ccc1N1CCNC(CC(C)C)C1. The maximum Gasteiger partial charge on any atom is 0.0565 e. The minimum atomic E-state index is 0.599. The third kappa shape index (κ3) is 3.33. The average Bonchev–Trinajstić information content (AvgIpc) is 3.01. The molecule has 0 bridgehead atoms. The molecule has 1 aromatic carbocycles. The van der Waals surface area contributed by atoms with E-state index in [9.17, 15) is 0 Å².